The number of hydrogen-bond donors (Lipinski definition) is 0. The molecule has 0 saturated carbocycles. The van der Waals surface area contributed by atoms with E-state index in [1.165, 1.54) is 31.5 Å². The first-order chi connectivity index (χ1) is 17.0. The third-order valence-corrected chi connectivity index (χ3v) is 5.91. The van der Waals surface area contributed by atoms with E-state index < -0.39 is 52.7 Å². The highest BCUT2D eigenvalue weighted by molar-refractivity contribution is 6.07. The van der Waals surface area contributed by atoms with Crippen LogP contribution in [-0.2, 0) is 24.1 Å². The second-order valence-electron chi connectivity index (χ2n) is 8.29. The molecule has 202 valence electrons. The van der Waals surface area contributed by atoms with Crippen molar-refractivity contribution < 1.29 is 45.5 Å². The number of esters is 1. The topological polar surface area (TPSA) is 68.6 Å². The van der Waals surface area contributed by atoms with Crippen LogP contribution < -0.4 is 0 Å². The number of carbonyl (C=O) groups is 3. The van der Waals surface area contributed by atoms with Gasteiger partial charge in [0.25, 0.3) is 5.91 Å². The van der Waals surface area contributed by atoms with Gasteiger partial charge in [0.2, 0.25) is 0 Å². The van der Waals surface area contributed by atoms with E-state index in [2.05, 4.69) is 6.58 Å². The summed E-state index contributed by atoms with van der Waals surface area (Å²) >= 11 is 0. The van der Waals surface area contributed by atoms with E-state index in [-0.39, 0.29) is 36.0 Å². The van der Waals surface area contributed by atoms with Crippen molar-refractivity contribution in [1.29, 1.82) is 0 Å². The van der Waals surface area contributed by atoms with E-state index in [1.807, 2.05) is 0 Å². The Morgan fingerprint density at radius 2 is 1.57 bits per heavy atom. The minimum absolute atomic E-state index is 0.0833. The van der Waals surface area contributed by atoms with E-state index in [0.717, 1.165) is 4.90 Å². The molecule has 1 aromatic carbocycles. The number of rotatable bonds is 8. The quantitative estimate of drug-likeness (QED) is 0.188. The number of hydrogen-bond acceptors (Lipinski definition) is 4. The highest BCUT2D eigenvalue weighted by atomic mass is 19.4. The van der Waals surface area contributed by atoms with Crippen LogP contribution in [0.1, 0.15) is 67.4 Å². The van der Waals surface area contributed by atoms with Crippen molar-refractivity contribution in [1.82, 2.24) is 9.47 Å². The highest BCUT2D eigenvalue weighted by Crippen LogP contribution is 2.37. The van der Waals surface area contributed by atoms with Crippen LogP contribution in [0.3, 0.4) is 0 Å². The first kappa shape index (κ1) is 29.7. The molecule has 0 bridgehead atoms. The molecular weight excluding hydrogens is 506 g/mol. The lowest BCUT2D eigenvalue weighted by Crippen LogP contribution is -2.44. The van der Waals surface area contributed by atoms with Gasteiger partial charge in [-0.15, -0.1) is 6.58 Å². The zero-order valence-electron chi connectivity index (χ0n) is 20.8. The molecule has 0 radical (unpaired) electrons. The van der Waals surface area contributed by atoms with Crippen LogP contribution >= 0.6 is 0 Å². The zero-order chi connectivity index (χ0) is 28.5. The molecule has 0 fully saturated rings. The molecule has 1 amide bonds. The van der Waals surface area contributed by atoms with Crippen LogP contribution in [-0.4, -0.2) is 46.3 Å². The first-order valence-electron chi connectivity index (χ1n) is 11.1. The average molecular weight is 532 g/mol. The summed E-state index contributed by atoms with van der Waals surface area (Å²) in [6, 6.07) is -0.799. The van der Waals surface area contributed by atoms with Gasteiger partial charge in [-0.1, -0.05) is 6.08 Å². The number of benzene rings is 1. The molecule has 0 aliphatic carbocycles. The Kier molecular flexibility index (Phi) is 8.67. The number of ketones is 1. The predicted octanol–water partition coefficient (Wildman–Crippen LogP) is 5.76. The van der Waals surface area contributed by atoms with Gasteiger partial charge in [-0.05, 0) is 51.5 Å². The van der Waals surface area contributed by atoms with Crippen molar-refractivity contribution in [2.75, 3.05) is 13.2 Å². The normalized spacial score (nSPS) is 12.7. The lowest BCUT2D eigenvalue weighted by molar-refractivity contribution is -0.143. The molecule has 37 heavy (non-hydrogen) atoms. The van der Waals surface area contributed by atoms with E-state index in [4.69, 9.17) is 4.74 Å². The van der Waals surface area contributed by atoms with Crippen molar-refractivity contribution >= 4 is 17.7 Å². The minimum atomic E-state index is -5.15. The van der Waals surface area contributed by atoms with Crippen molar-refractivity contribution in [2.45, 2.75) is 46.1 Å². The Morgan fingerprint density at radius 1 is 1.05 bits per heavy atom. The molecule has 0 spiro atoms. The second kappa shape index (κ2) is 10.8. The summed E-state index contributed by atoms with van der Waals surface area (Å²) in [6.07, 6.45) is -9.11. The number of Topliss-reactive ketones (excluding diaryl/α,β-unsaturated/α-hetero) is 1. The molecule has 1 atom stereocenters. The summed E-state index contributed by atoms with van der Waals surface area (Å²) < 4.78 is 86.3. The Bertz CT molecular complexity index is 1190. The van der Waals surface area contributed by atoms with Crippen LogP contribution in [0.2, 0.25) is 0 Å². The SMILES string of the molecule is C=CCN(C(=O)c1cc(C(F)(F)F)cc(C(F)(F)F)c1)[C@@H](C)C(=O)c1c(C)c(C(=O)OCC)n(C)c1C. The molecule has 1 heterocycles. The molecule has 0 N–H and O–H groups in total. The standard InChI is InChI=1S/C25H26F6N2O4/c1-7-9-33(22(35)16-10-17(24(26,27)28)12-18(11-16)25(29,30)31)15(5)21(34)19-13(3)20(23(36)37-8-2)32(6)14(19)4/h7,10-12,15H,1,8-9H2,2-6H3/t15-/m0/s1. The smallest absolute Gasteiger partial charge is 0.416 e. The van der Waals surface area contributed by atoms with Crippen molar-refractivity contribution in [2.24, 2.45) is 7.05 Å². The lowest BCUT2D eigenvalue weighted by atomic mass is 9.98. The Balaban J connectivity index is 2.59. The van der Waals surface area contributed by atoms with Crippen molar-refractivity contribution in [3.05, 3.63) is 70.1 Å². The fourth-order valence-corrected chi connectivity index (χ4v) is 3.98. The molecule has 0 saturated heterocycles. The maximum atomic E-state index is 13.5. The average Bonchev–Trinajstić information content (AvgIpc) is 3.02. The van der Waals surface area contributed by atoms with Gasteiger partial charge in [0.1, 0.15) is 5.69 Å². The molecule has 2 aromatic rings. The number of alkyl halides is 6. The van der Waals surface area contributed by atoms with Gasteiger partial charge in [0.15, 0.2) is 5.78 Å². The molecule has 1 aromatic heterocycles. The minimum Gasteiger partial charge on any atom is -0.461 e. The fraction of sp³-hybridized carbons (Fsp3) is 0.400. The number of halogens is 6. The summed E-state index contributed by atoms with van der Waals surface area (Å²) in [5.74, 6) is -2.58. The highest BCUT2D eigenvalue weighted by Gasteiger charge is 2.39. The van der Waals surface area contributed by atoms with Crippen molar-refractivity contribution in [3.63, 3.8) is 0 Å². The number of aromatic nitrogens is 1. The molecular formula is C25H26F6N2O4. The van der Waals surface area contributed by atoms with Crippen LogP contribution in [0.15, 0.2) is 30.9 Å². The summed E-state index contributed by atoms with van der Waals surface area (Å²) in [7, 11) is 1.53. The zero-order valence-corrected chi connectivity index (χ0v) is 20.8. The largest absolute Gasteiger partial charge is 0.461 e. The maximum Gasteiger partial charge on any atom is 0.416 e. The molecule has 12 heteroatoms. The van der Waals surface area contributed by atoms with Crippen LogP contribution in [0.25, 0.3) is 0 Å². The molecule has 6 nitrogen and oxygen atoms in total. The summed E-state index contributed by atoms with van der Waals surface area (Å²) in [5, 5.41) is 0. The number of ether oxygens (including phenoxy) is 1. The predicted molar refractivity (Wildman–Crippen MR) is 122 cm³/mol. The van der Waals surface area contributed by atoms with Gasteiger partial charge in [0.05, 0.1) is 23.8 Å². The van der Waals surface area contributed by atoms with Gasteiger partial charge < -0.3 is 14.2 Å². The Labute approximate surface area is 209 Å². The molecule has 0 unspecified atom stereocenters. The van der Waals surface area contributed by atoms with E-state index in [9.17, 15) is 40.7 Å². The van der Waals surface area contributed by atoms with Crippen molar-refractivity contribution in [3.8, 4) is 0 Å². The monoisotopic (exact) mass is 532 g/mol. The third kappa shape index (κ3) is 6.05. The number of nitrogens with zero attached hydrogens (tertiary/aromatic N) is 2. The van der Waals surface area contributed by atoms with Gasteiger partial charge in [-0.2, -0.15) is 26.3 Å². The Morgan fingerprint density at radius 3 is 2.00 bits per heavy atom. The van der Waals surface area contributed by atoms with Gasteiger partial charge in [0, 0.05) is 30.4 Å². The summed E-state index contributed by atoms with van der Waals surface area (Å²) in [5.41, 5.74) is -3.39. The summed E-state index contributed by atoms with van der Waals surface area (Å²) in [6.45, 7) is 9.16. The van der Waals surface area contributed by atoms with Gasteiger partial charge in [-0.25, -0.2) is 4.79 Å². The third-order valence-electron chi connectivity index (χ3n) is 5.91. The molecule has 0 aliphatic heterocycles. The molecule has 2 rings (SSSR count). The van der Waals surface area contributed by atoms with Crippen LogP contribution in [0.4, 0.5) is 26.3 Å². The Hall–Kier alpha value is -3.57. The maximum absolute atomic E-state index is 13.5. The molecule has 0 aliphatic rings. The second-order valence-corrected chi connectivity index (χ2v) is 8.29. The van der Waals surface area contributed by atoms with E-state index in [1.54, 1.807) is 13.8 Å². The number of carbonyl (C=O) groups excluding carboxylic acids is 3. The van der Waals surface area contributed by atoms with Crippen LogP contribution in [0, 0.1) is 13.8 Å². The van der Waals surface area contributed by atoms with E-state index in [0.29, 0.717) is 17.8 Å². The fourth-order valence-electron chi connectivity index (χ4n) is 3.98. The van der Waals surface area contributed by atoms with Gasteiger partial charge >= 0.3 is 18.3 Å². The first-order valence-corrected chi connectivity index (χ1v) is 11.1. The van der Waals surface area contributed by atoms with E-state index >= 15 is 0 Å². The lowest BCUT2D eigenvalue weighted by Gasteiger charge is -2.28. The van der Waals surface area contributed by atoms with Gasteiger partial charge in [-0.3, -0.25) is 9.59 Å². The summed E-state index contributed by atoms with van der Waals surface area (Å²) in [4.78, 5) is 39.9. The van der Waals surface area contributed by atoms with Crippen LogP contribution in [0.5, 0.6) is 0 Å². The number of amides is 1.